The second-order valence-corrected chi connectivity index (χ2v) is 5.91. The number of nitrogens with one attached hydrogen (secondary N) is 1. The first-order chi connectivity index (χ1) is 9.09. The smallest absolute Gasteiger partial charge is 0.254 e. The van der Waals surface area contributed by atoms with Crippen molar-refractivity contribution in [1.82, 2.24) is 15.2 Å². The highest BCUT2D eigenvalue weighted by atomic mass is 35.5. The van der Waals surface area contributed by atoms with Gasteiger partial charge in [0.25, 0.3) is 5.91 Å². The highest BCUT2D eigenvalue weighted by molar-refractivity contribution is 7.09. The molecule has 21 heavy (non-hydrogen) atoms. The van der Waals surface area contributed by atoms with Crippen molar-refractivity contribution in [2.24, 2.45) is 0 Å². The minimum absolute atomic E-state index is 0. The van der Waals surface area contributed by atoms with Crippen LogP contribution < -0.4 is 5.32 Å². The highest BCUT2D eigenvalue weighted by Crippen LogP contribution is 2.26. The van der Waals surface area contributed by atoms with Crippen LogP contribution in [0, 0.1) is 6.92 Å². The number of nitrogens with zero attached hydrogens (tertiary/aromatic N) is 2. The summed E-state index contributed by atoms with van der Waals surface area (Å²) in [6.45, 7) is 4.23. The number of thiazole rings is 1. The van der Waals surface area contributed by atoms with Crippen LogP contribution in [-0.4, -0.2) is 48.6 Å². The van der Waals surface area contributed by atoms with Crippen molar-refractivity contribution >= 4 is 42.1 Å². The summed E-state index contributed by atoms with van der Waals surface area (Å²) in [5.74, 6) is 0.0734. The van der Waals surface area contributed by atoms with Crippen molar-refractivity contribution in [3.63, 3.8) is 0 Å². The first-order valence-electron chi connectivity index (χ1n) is 6.49. The minimum Gasteiger partial charge on any atom is -0.368 e. The molecule has 2 rings (SSSR count). The lowest BCUT2D eigenvalue weighted by Crippen LogP contribution is -2.54. The average molecular weight is 356 g/mol. The maximum atomic E-state index is 12.6. The molecule has 0 spiro atoms. The Morgan fingerprint density at radius 1 is 1.48 bits per heavy atom. The zero-order valence-electron chi connectivity index (χ0n) is 12.5. The van der Waals surface area contributed by atoms with E-state index in [-0.39, 0.29) is 30.7 Å². The molecule has 0 aliphatic carbocycles. The van der Waals surface area contributed by atoms with E-state index in [0.29, 0.717) is 6.54 Å². The van der Waals surface area contributed by atoms with Gasteiger partial charge in [0.05, 0.1) is 17.7 Å². The van der Waals surface area contributed by atoms with Crippen LogP contribution >= 0.6 is 36.2 Å². The van der Waals surface area contributed by atoms with Gasteiger partial charge in [-0.05, 0) is 32.9 Å². The molecule has 1 aromatic rings. The summed E-state index contributed by atoms with van der Waals surface area (Å²) in [4.78, 5) is 19.8. The topological polar surface area (TPSA) is 54.5 Å². The Morgan fingerprint density at radius 2 is 2.10 bits per heavy atom. The Morgan fingerprint density at radius 3 is 2.57 bits per heavy atom. The van der Waals surface area contributed by atoms with Gasteiger partial charge in [0.2, 0.25) is 0 Å². The van der Waals surface area contributed by atoms with Crippen LogP contribution in [0.25, 0.3) is 0 Å². The lowest BCUT2D eigenvalue weighted by molar-refractivity contribution is -0.157. The fourth-order valence-corrected chi connectivity index (χ4v) is 3.28. The number of piperidine rings is 1. The molecule has 8 heteroatoms. The van der Waals surface area contributed by atoms with Gasteiger partial charge in [0.15, 0.2) is 0 Å². The number of hydrogen-bond acceptors (Lipinski definition) is 5. The summed E-state index contributed by atoms with van der Waals surface area (Å²) in [5, 5.41) is 3.26. The Bertz CT molecular complexity index is 450. The predicted octanol–water partition coefficient (Wildman–Crippen LogP) is 2.02. The molecule has 122 valence electrons. The van der Waals surface area contributed by atoms with Crippen LogP contribution in [0.2, 0.25) is 0 Å². The molecular formula is C13H23Cl2N3O2S. The molecule has 1 fully saturated rings. The Hall–Kier alpha value is -0.400. The van der Waals surface area contributed by atoms with Crippen molar-refractivity contribution in [3.05, 3.63) is 16.1 Å². The molecule has 0 unspecified atom stereocenters. The Labute approximate surface area is 142 Å². The van der Waals surface area contributed by atoms with Gasteiger partial charge >= 0.3 is 0 Å². The van der Waals surface area contributed by atoms with Crippen molar-refractivity contribution < 1.29 is 9.53 Å². The molecule has 0 radical (unpaired) electrons. The largest absolute Gasteiger partial charge is 0.368 e. The normalized spacial score (nSPS) is 16.5. The van der Waals surface area contributed by atoms with E-state index in [0.717, 1.165) is 36.5 Å². The van der Waals surface area contributed by atoms with Crippen LogP contribution in [0.4, 0.5) is 0 Å². The number of ether oxygens (including phenoxy) is 1. The van der Waals surface area contributed by atoms with E-state index in [1.54, 1.807) is 23.3 Å². The summed E-state index contributed by atoms with van der Waals surface area (Å²) in [6.07, 6.45) is 1.46. The van der Waals surface area contributed by atoms with Gasteiger partial charge in [-0.25, -0.2) is 4.98 Å². The van der Waals surface area contributed by atoms with E-state index >= 15 is 0 Å². The molecule has 0 saturated carbocycles. The maximum Gasteiger partial charge on any atom is 0.254 e. The molecule has 1 aliphatic heterocycles. The third kappa shape index (κ3) is 4.53. The van der Waals surface area contributed by atoms with E-state index in [1.807, 2.05) is 19.5 Å². The standard InChI is InChI=1S/C13H21N3O2S.2ClH/c1-10-11(19-9-15-10)8-16(2)12(17)13(18-3)4-6-14-7-5-13;;/h9,14H,4-8H2,1-3H3;2*1H. The van der Waals surface area contributed by atoms with Gasteiger partial charge in [0, 0.05) is 19.0 Å². The van der Waals surface area contributed by atoms with Gasteiger partial charge < -0.3 is 15.0 Å². The number of carbonyl (C=O) groups is 1. The molecule has 0 aromatic carbocycles. The molecule has 1 aliphatic rings. The number of methoxy groups -OCH3 is 1. The van der Waals surface area contributed by atoms with Crippen LogP contribution in [0.1, 0.15) is 23.4 Å². The first kappa shape index (κ1) is 20.6. The van der Waals surface area contributed by atoms with E-state index in [1.165, 1.54) is 0 Å². The summed E-state index contributed by atoms with van der Waals surface area (Å²) in [7, 11) is 3.47. The van der Waals surface area contributed by atoms with E-state index in [2.05, 4.69) is 10.3 Å². The summed E-state index contributed by atoms with van der Waals surface area (Å²) in [6, 6.07) is 0. The Kier molecular flexibility index (Phi) is 8.73. The summed E-state index contributed by atoms with van der Waals surface area (Å²) < 4.78 is 5.57. The number of hydrogen-bond donors (Lipinski definition) is 1. The fourth-order valence-electron chi connectivity index (χ4n) is 2.45. The van der Waals surface area contributed by atoms with Crippen molar-refractivity contribution in [2.45, 2.75) is 31.9 Å². The SMILES string of the molecule is COC1(C(=O)N(C)Cc2scnc2C)CCNCC1.Cl.Cl. The monoisotopic (exact) mass is 355 g/mol. The molecule has 1 saturated heterocycles. The van der Waals surface area contributed by atoms with Crippen LogP contribution in [0.3, 0.4) is 0 Å². The van der Waals surface area contributed by atoms with Crippen LogP contribution in [-0.2, 0) is 16.1 Å². The lowest BCUT2D eigenvalue weighted by atomic mass is 9.90. The van der Waals surface area contributed by atoms with E-state index in [4.69, 9.17) is 4.74 Å². The number of rotatable bonds is 4. The molecular weight excluding hydrogens is 333 g/mol. The molecule has 1 aromatic heterocycles. The van der Waals surface area contributed by atoms with E-state index < -0.39 is 5.60 Å². The first-order valence-corrected chi connectivity index (χ1v) is 7.37. The Balaban J connectivity index is 0.00000200. The fraction of sp³-hybridized carbons (Fsp3) is 0.692. The summed E-state index contributed by atoms with van der Waals surface area (Å²) in [5.41, 5.74) is 2.17. The number of aryl methyl sites for hydroxylation is 1. The number of likely N-dealkylation sites (N-methyl/N-ethyl adjacent to an activating group) is 1. The third-order valence-electron chi connectivity index (χ3n) is 3.76. The molecule has 2 heterocycles. The number of carbonyl (C=O) groups excluding carboxylic acids is 1. The molecule has 5 nitrogen and oxygen atoms in total. The predicted molar refractivity (Wildman–Crippen MR) is 89.7 cm³/mol. The van der Waals surface area contributed by atoms with E-state index in [9.17, 15) is 4.79 Å². The second-order valence-electron chi connectivity index (χ2n) is 4.97. The van der Waals surface area contributed by atoms with Gasteiger partial charge in [-0.1, -0.05) is 0 Å². The van der Waals surface area contributed by atoms with Crippen molar-refractivity contribution in [1.29, 1.82) is 0 Å². The summed E-state index contributed by atoms with van der Waals surface area (Å²) >= 11 is 1.59. The van der Waals surface area contributed by atoms with Gasteiger partial charge in [-0.15, -0.1) is 36.2 Å². The van der Waals surface area contributed by atoms with Crippen molar-refractivity contribution in [3.8, 4) is 0 Å². The molecule has 0 atom stereocenters. The molecule has 1 amide bonds. The third-order valence-corrected chi connectivity index (χ3v) is 4.68. The average Bonchev–Trinajstić information content (AvgIpc) is 2.84. The van der Waals surface area contributed by atoms with Gasteiger partial charge in [-0.3, -0.25) is 4.79 Å². The maximum absolute atomic E-state index is 12.6. The lowest BCUT2D eigenvalue weighted by Gasteiger charge is -2.37. The van der Waals surface area contributed by atoms with Crippen LogP contribution in [0.15, 0.2) is 5.51 Å². The number of amides is 1. The quantitative estimate of drug-likeness (QED) is 0.897. The number of halogens is 2. The molecule has 1 N–H and O–H groups in total. The van der Waals surface area contributed by atoms with Crippen molar-refractivity contribution in [2.75, 3.05) is 27.2 Å². The zero-order chi connectivity index (χ0) is 13.9. The highest BCUT2D eigenvalue weighted by Gasteiger charge is 2.41. The zero-order valence-corrected chi connectivity index (χ0v) is 15.0. The van der Waals surface area contributed by atoms with Crippen LogP contribution in [0.5, 0.6) is 0 Å². The molecule has 0 bridgehead atoms. The minimum atomic E-state index is -0.654. The van der Waals surface area contributed by atoms with Gasteiger partial charge in [-0.2, -0.15) is 0 Å². The second kappa shape index (κ2) is 8.90. The number of aromatic nitrogens is 1. The van der Waals surface area contributed by atoms with Gasteiger partial charge in [0.1, 0.15) is 5.60 Å².